The molecular weight excluding hydrogens is 483 g/mol. The maximum atomic E-state index is 15.2. The van der Waals surface area contributed by atoms with Gasteiger partial charge in [-0.2, -0.15) is 5.10 Å². The van der Waals surface area contributed by atoms with Gasteiger partial charge < -0.3 is 15.7 Å². The second-order valence-electron chi connectivity index (χ2n) is 10.2. The first-order valence-corrected chi connectivity index (χ1v) is 13.0. The van der Waals surface area contributed by atoms with Crippen molar-refractivity contribution in [2.45, 2.75) is 37.8 Å². The molecule has 38 heavy (non-hydrogen) atoms. The second kappa shape index (κ2) is 9.04. The number of aromatic amines is 1. The van der Waals surface area contributed by atoms with Gasteiger partial charge in [0.15, 0.2) is 11.5 Å². The third-order valence-electron chi connectivity index (χ3n) is 7.75. The van der Waals surface area contributed by atoms with Crippen LogP contribution in [0.5, 0.6) is 0 Å². The Hall–Kier alpha value is -4.08. The zero-order chi connectivity index (χ0) is 25.8. The highest BCUT2D eigenvalue weighted by molar-refractivity contribution is 6.01. The lowest BCUT2D eigenvalue weighted by molar-refractivity contribution is 0.282. The molecule has 7 rings (SSSR count). The largest absolute Gasteiger partial charge is 0.392 e. The first-order valence-electron chi connectivity index (χ1n) is 13.0. The molecule has 1 atom stereocenters. The van der Waals surface area contributed by atoms with E-state index in [0.29, 0.717) is 34.0 Å². The molecule has 4 N–H and O–H groups in total. The van der Waals surface area contributed by atoms with Gasteiger partial charge in [-0.25, -0.2) is 9.37 Å². The summed E-state index contributed by atoms with van der Waals surface area (Å²) in [5.74, 6) is 0.581. The van der Waals surface area contributed by atoms with Crippen molar-refractivity contribution in [2.75, 3.05) is 18.4 Å². The second-order valence-corrected chi connectivity index (χ2v) is 10.2. The van der Waals surface area contributed by atoms with Crippen LogP contribution in [0.4, 0.5) is 10.2 Å². The van der Waals surface area contributed by atoms with E-state index in [9.17, 15) is 9.90 Å². The van der Waals surface area contributed by atoms with Gasteiger partial charge in [0.2, 0.25) is 0 Å². The number of hydrogen-bond donors (Lipinski definition) is 4. The van der Waals surface area contributed by atoms with E-state index in [4.69, 9.17) is 0 Å². The number of aliphatic hydroxyl groups excluding tert-OH is 1. The van der Waals surface area contributed by atoms with Gasteiger partial charge >= 0.3 is 0 Å². The van der Waals surface area contributed by atoms with Crippen LogP contribution < -0.4 is 16.2 Å². The summed E-state index contributed by atoms with van der Waals surface area (Å²) in [7, 11) is 0. The lowest BCUT2D eigenvalue weighted by atomic mass is 9.96. The number of H-pyrrole nitrogens is 1. The fraction of sp³-hybridized carbons (Fsp3) is 0.276. The molecule has 8 nitrogen and oxygen atoms in total. The number of benzene rings is 2. The van der Waals surface area contributed by atoms with Gasteiger partial charge in [-0.05, 0) is 78.1 Å². The number of rotatable bonds is 6. The average molecular weight is 511 g/mol. The predicted molar refractivity (Wildman–Crippen MR) is 145 cm³/mol. The number of aromatic nitrogens is 4. The van der Waals surface area contributed by atoms with Crippen LogP contribution in [-0.2, 0) is 6.61 Å². The molecule has 2 fully saturated rings. The minimum absolute atomic E-state index is 0.0592. The van der Waals surface area contributed by atoms with Crippen molar-refractivity contribution < 1.29 is 9.50 Å². The van der Waals surface area contributed by atoms with Gasteiger partial charge in [0.25, 0.3) is 5.56 Å². The third-order valence-corrected chi connectivity index (χ3v) is 7.75. The fourth-order valence-corrected chi connectivity index (χ4v) is 5.66. The molecule has 1 aliphatic carbocycles. The normalized spacial score (nSPS) is 17.5. The maximum absolute atomic E-state index is 15.2. The summed E-state index contributed by atoms with van der Waals surface area (Å²) >= 11 is 0. The van der Waals surface area contributed by atoms with Gasteiger partial charge in [-0.1, -0.05) is 18.2 Å². The van der Waals surface area contributed by atoms with Crippen LogP contribution in [0.2, 0.25) is 0 Å². The highest BCUT2D eigenvalue weighted by atomic mass is 19.1. The Labute approximate surface area is 217 Å². The predicted octanol–water partition coefficient (Wildman–Crippen LogP) is 4.21. The van der Waals surface area contributed by atoms with E-state index in [1.165, 1.54) is 10.6 Å². The maximum Gasteiger partial charge on any atom is 0.265 e. The molecule has 4 heterocycles. The first-order chi connectivity index (χ1) is 18.6. The molecule has 0 amide bonds. The van der Waals surface area contributed by atoms with Crippen molar-refractivity contribution in [3.8, 4) is 16.8 Å². The highest BCUT2D eigenvalue weighted by Gasteiger charge is 2.26. The molecule has 3 aromatic heterocycles. The van der Waals surface area contributed by atoms with Gasteiger partial charge in [0.1, 0.15) is 5.82 Å². The van der Waals surface area contributed by atoms with Crippen molar-refractivity contribution in [1.29, 1.82) is 0 Å². The molecule has 9 heteroatoms. The molecule has 5 aromatic rings. The lowest BCUT2D eigenvalue weighted by Crippen LogP contribution is -2.22. The average Bonchev–Trinajstić information content (AvgIpc) is 3.51. The number of nitrogens with one attached hydrogen (secondary N) is 3. The minimum Gasteiger partial charge on any atom is -0.392 e. The number of fused-ring (bicyclic) bond motifs is 2. The Kier molecular flexibility index (Phi) is 5.49. The highest BCUT2D eigenvalue weighted by Crippen LogP contribution is 2.41. The quantitative estimate of drug-likeness (QED) is 0.273. The Balaban J connectivity index is 1.38. The third kappa shape index (κ3) is 3.77. The molecule has 1 saturated carbocycles. The van der Waals surface area contributed by atoms with E-state index in [1.807, 2.05) is 24.3 Å². The van der Waals surface area contributed by atoms with Gasteiger partial charge in [0.05, 0.1) is 23.1 Å². The number of pyridine rings is 2. The first kappa shape index (κ1) is 23.1. The van der Waals surface area contributed by atoms with Crippen molar-refractivity contribution in [2.24, 2.45) is 0 Å². The standard InChI is InChI=1S/C29H27FN6O2/c30-23-13-18(16-4-5-16)12-17-8-11-36(29(38)25(17)23)24-3-1-2-20(22(24)15-37)21-7-10-32-27-26(21)28(35-34-27)33-19-6-9-31-14-19/h1-3,7-8,10-13,16,19,31,37H,4-6,9,14-15H2,(H2,32,33,34,35). The number of halogens is 1. The number of hydrogen-bond acceptors (Lipinski definition) is 6. The van der Waals surface area contributed by atoms with Crippen LogP contribution in [0.25, 0.3) is 38.6 Å². The monoisotopic (exact) mass is 510 g/mol. The van der Waals surface area contributed by atoms with E-state index >= 15 is 4.39 Å². The number of aliphatic hydroxyl groups is 1. The summed E-state index contributed by atoms with van der Waals surface area (Å²) in [5, 5.41) is 26.4. The summed E-state index contributed by atoms with van der Waals surface area (Å²) in [4.78, 5) is 18.0. The van der Waals surface area contributed by atoms with Crippen molar-refractivity contribution in [1.82, 2.24) is 25.1 Å². The van der Waals surface area contributed by atoms with Crippen molar-refractivity contribution in [3.05, 3.63) is 82.2 Å². The smallest absolute Gasteiger partial charge is 0.265 e. The van der Waals surface area contributed by atoms with Crippen LogP contribution in [0.15, 0.2) is 59.7 Å². The van der Waals surface area contributed by atoms with Crippen LogP contribution in [0.3, 0.4) is 0 Å². The summed E-state index contributed by atoms with van der Waals surface area (Å²) in [6, 6.07) is 12.9. The van der Waals surface area contributed by atoms with Gasteiger partial charge in [-0.15, -0.1) is 0 Å². The minimum atomic E-state index is -0.503. The molecular formula is C29H27FN6O2. The Morgan fingerprint density at radius 2 is 2.00 bits per heavy atom. The number of anilines is 1. The van der Waals surface area contributed by atoms with Gasteiger partial charge in [0, 0.05) is 30.5 Å². The van der Waals surface area contributed by atoms with E-state index in [1.54, 1.807) is 24.5 Å². The molecule has 0 spiro atoms. The molecule has 0 radical (unpaired) electrons. The Morgan fingerprint density at radius 1 is 1.11 bits per heavy atom. The molecule has 1 unspecified atom stereocenters. The van der Waals surface area contributed by atoms with Crippen LogP contribution >= 0.6 is 0 Å². The van der Waals surface area contributed by atoms with Crippen molar-refractivity contribution in [3.63, 3.8) is 0 Å². The molecule has 1 saturated heterocycles. The zero-order valence-electron chi connectivity index (χ0n) is 20.7. The molecule has 2 aliphatic rings. The van der Waals surface area contributed by atoms with Crippen LogP contribution in [0.1, 0.15) is 36.3 Å². The lowest BCUT2D eigenvalue weighted by Gasteiger charge is -2.17. The zero-order valence-corrected chi connectivity index (χ0v) is 20.7. The summed E-state index contributed by atoms with van der Waals surface area (Å²) in [6.45, 7) is 1.49. The Morgan fingerprint density at radius 3 is 2.79 bits per heavy atom. The van der Waals surface area contributed by atoms with Crippen molar-refractivity contribution >= 4 is 27.6 Å². The topological polar surface area (TPSA) is 108 Å². The summed E-state index contributed by atoms with van der Waals surface area (Å²) in [6.07, 6.45) is 6.47. The van der Waals surface area contributed by atoms with Crippen LogP contribution in [-0.4, -0.2) is 44.0 Å². The summed E-state index contributed by atoms with van der Waals surface area (Å²) in [5.41, 5.74) is 3.77. The fourth-order valence-electron chi connectivity index (χ4n) is 5.66. The SMILES string of the molecule is O=c1c2c(F)cc(C3CC3)cc2ccn1-c1cccc(-c2ccnc3[nH]nc(NC4CCNC4)c23)c1CO. The van der Waals surface area contributed by atoms with E-state index in [2.05, 4.69) is 25.8 Å². The molecule has 2 aromatic carbocycles. The Bertz CT molecular complexity index is 1750. The van der Waals surface area contributed by atoms with E-state index in [-0.39, 0.29) is 18.0 Å². The van der Waals surface area contributed by atoms with E-state index in [0.717, 1.165) is 54.4 Å². The number of nitrogens with zero attached hydrogens (tertiary/aromatic N) is 3. The summed E-state index contributed by atoms with van der Waals surface area (Å²) < 4.78 is 16.6. The molecule has 192 valence electrons. The van der Waals surface area contributed by atoms with E-state index < -0.39 is 11.4 Å². The molecule has 1 aliphatic heterocycles. The van der Waals surface area contributed by atoms with Gasteiger partial charge in [-0.3, -0.25) is 14.5 Å². The molecule has 0 bridgehead atoms. The van der Waals surface area contributed by atoms with Crippen LogP contribution in [0, 0.1) is 5.82 Å².